The van der Waals surface area contributed by atoms with E-state index < -0.39 is 16.1 Å². The normalized spacial score (nSPS) is 18.2. The molecule has 0 saturated carbocycles. The molecule has 4 rings (SSSR count). The second-order valence-electron chi connectivity index (χ2n) is 6.76. The molecule has 1 aliphatic rings. The van der Waals surface area contributed by atoms with Crippen molar-refractivity contribution in [3.63, 3.8) is 0 Å². The lowest BCUT2D eigenvalue weighted by Crippen LogP contribution is -2.49. The molecular formula is C18H17Cl2N3O3S3. The number of thiophene rings is 1. The first kappa shape index (κ1) is 21.0. The molecule has 11 heteroatoms. The molecule has 1 atom stereocenters. The summed E-state index contributed by atoms with van der Waals surface area (Å²) in [4.78, 5) is 17.5. The van der Waals surface area contributed by atoms with Crippen molar-refractivity contribution in [3.8, 4) is 0 Å². The van der Waals surface area contributed by atoms with E-state index in [2.05, 4.69) is 10.3 Å². The van der Waals surface area contributed by atoms with Crippen LogP contribution < -0.4 is 5.32 Å². The second-order valence-corrected chi connectivity index (χ2v) is 12.1. The third kappa shape index (κ3) is 4.17. The molecule has 154 valence electrons. The van der Waals surface area contributed by atoms with Gasteiger partial charge in [-0.25, -0.2) is 13.4 Å². The standard InChI is InChI=1S/C18H17Cl2N3O3S3/c1-10-8-11(19)9-13-16(10)21-18(27-13)22-17(24)12-4-2-3-7-23(12)29(25,26)15-6-5-14(20)28-15/h5-6,8-9,12H,2-4,7H2,1H3,(H,21,22,24). The Morgan fingerprint density at radius 2 is 2.03 bits per heavy atom. The van der Waals surface area contributed by atoms with Crippen LogP contribution in [0, 0.1) is 6.92 Å². The van der Waals surface area contributed by atoms with Gasteiger partial charge in [0.15, 0.2) is 5.13 Å². The van der Waals surface area contributed by atoms with Crippen molar-refractivity contribution < 1.29 is 13.2 Å². The monoisotopic (exact) mass is 489 g/mol. The van der Waals surface area contributed by atoms with Crippen LogP contribution in [0.1, 0.15) is 24.8 Å². The number of hydrogen-bond acceptors (Lipinski definition) is 6. The number of piperidine rings is 1. The molecule has 1 amide bonds. The lowest BCUT2D eigenvalue weighted by Gasteiger charge is -2.32. The molecule has 0 radical (unpaired) electrons. The van der Waals surface area contributed by atoms with Crippen LogP contribution in [-0.2, 0) is 14.8 Å². The van der Waals surface area contributed by atoms with Gasteiger partial charge >= 0.3 is 0 Å². The van der Waals surface area contributed by atoms with Crippen LogP contribution in [0.15, 0.2) is 28.5 Å². The summed E-state index contributed by atoms with van der Waals surface area (Å²) in [6, 6.07) is 5.86. The third-order valence-corrected chi connectivity index (χ3v) is 9.49. The number of hydrogen-bond donors (Lipinski definition) is 1. The van der Waals surface area contributed by atoms with E-state index in [-0.39, 0.29) is 10.1 Å². The molecule has 1 N–H and O–H groups in total. The van der Waals surface area contributed by atoms with Gasteiger partial charge in [-0.05, 0) is 49.6 Å². The van der Waals surface area contributed by atoms with Crippen molar-refractivity contribution in [2.45, 2.75) is 36.4 Å². The Morgan fingerprint density at radius 3 is 2.76 bits per heavy atom. The van der Waals surface area contributed by atoms with Crippen LogP contribution >= 0.6 is 45.9 Å². The summed E-state index contributed by atoms with van der Waals surface area (Å²) >= 11 is 14.3. The van der Waals surface area contributed by atoms with E-state index in [1.54, 1.807) is 12.1 Å². The Labute approximate surface area is 186 Å². The topological polar surface area (TPSA) is 79.4 Å². The van der Waals surface area contributed by atoms with Crippen molar-refractivity contribution in [1.29, 1.82) is 0 Å². The van der Waals surface area contributed by atoms with Crippen LogP contribution in [0.2, 0.25) is 9.36 Å². The van der Waals surface area contributed by atoms with Gasteiger partial charge in [-0.2, -0.15) is 4.31 Å². The molecule has 29 heavy (non-hydrogen) atoms. The predicted molar refractivity (Wildman–Crippen MR) is 119 cm³/mol. The van der Waals surface area contributed by atoms with Crippen molar-refractivity contribution in [2.24, 2.45) is 0 Å². The Balaban J connectivity index is 1.60. The first-order valence-electron chi connectivity index (χ1n) is 8.90. The Bertz CT molecular complexity index is 1190. The number of nitrogens with zero attached hydrogens (tertiary/aromatic N) is 2. The number of sulfonamides is 1. The van der Waals surface area contributed by atoms with E-state index in [1.807, 2.05) is 13.0 Å². The summed E-state index contributed by atoms with van der Waals surface area (Å²) in [6.07, 6.45) is 1.95. The summed E-state index contributed by atoms with van der Waals surface area (Å²) in [7, 11) is -3.79. The van der Waals surface area contributed by atoms with E-state index in [9.17, 15) is 13.2 Å². The number of benzene rings is 1. The lowest BCUT2D eigenvalue weighted by atomic mass is 10.0. The molecular weight excluding hydrogens is 473 g/mol. The molecule has 1 fully saturated rings. The number of carbonyl (C=O) groups excluding carboxylic acids is 1. The summed E-state index contributed by atoms with van der Waals surface area (Å²) in [5.41, 5.74) is 1.69. The molecule has 6 nitrogen and oxygen atoms in total. The first-order valence-corrected chi connectivity index (χ1v) is 12.7. The van der Waals surface area contributed by atoms with Crippen molar-refractivity contribution in [1.82, 2.24) is 9.29 Å². The van der Waals surface area contributed by atoms with Gasteiger partial charge in [0, 0.05) is 11.6 Å². The zero-order valence-corrected chi connectivity index (χ0v) is 19.3. The highest BCUT2D eigenvalue weighted by molar-refractivity contribution is 7.91. The largest absolute Gasteiger partial charge is 0.301 e. The number of aromatic nitrogens is 1. The number of halogens is 2. The second kappa shape index (κ2) is 8.13. The number of carbonyl (C=O) groups is 1. The minimum absolute atomic E-state index is 0.146. The van der Waals surface area contributed by atoms with E-state index in [0.717, 1.165) is 33.5 Å². The molecule has 2 aromatic heterocycles. The quantitative estimate of drug-likeness (QED) is 0.548. The molecule has 0 spiro atoms. The number of amides is 1. The molecule has 3 aromatic rings. The van der Waals surface area contributed by atoms with Crippen molar-refractivity contribution >= 4 is 77.2 Å². The highest BCUT2D eigenvalue weighted by Crippen LogP contribution is 2.34. The number of aryl methyl sites for hydroxylation is 1. The number of nitrogens with one attached hydrogen (secondary N) is 1. The molecule has 1 saturated heterocycles. The van der Waals surface area contributed by atoms with Crippen molar-refractivity contribution in [2.75, 3.05) is 11.9 Å². The fourth-order valence-corrected chi connectivity index (χ4v) is 8.00. The number of rotatable bonds is 4. The van der Waals surface area contributed by atoms with E-state index in [4.69, 9.17) is 23.2 Å². The summed E-state index contributed by atoms with van der Waals surface area (Å²) in [5, 5.41) is 3.84. The molecule has 3 heterocycles. The number of fused-ring (bicyclic) bond motifs is 1. The summed E-state index contributed by atoms with van der Waals surface area (Å²) in [6.45, 7) is 2.20. The van der Waals surface area contributed by atoms with Crippen LogP contribution in [0.3, 0.4) is 0 Å². The minimum atomic E-state index is -3.79. The van der Waals surface area contributed by atoms with E-state index >= 15 is 0 Å². The van der Waals surface area contributed by atoms with Crippen LogP contribution in [0.4, 0.5) is 5.13 Å². The molecule has 1 aromatic carbocycles. The van der Waals surface area contributed by atoms with Crippen LogP contribution in [0.25, 0.3) is 10.2 Å². The maximum absolute atomic E-state index is 13.1. The maximum Gasteiger partial charge on any atom is 0.253 e. The van der Waals surface area contributed by atoms with E-state index in [1.165, 1.54) is 21.7 Å². The van der Waals surface area contributed by atoms with Gasteiger partial charge in [0.25, 0.3) is 10.0 Å². The number of anilines is 1. The first-order chi connectivity index (χ1) is 13.8. The van der Waals surface area contributed by atoms with Crippen LogP contribution in [-0.4, -0.2) is 36.2 Å². The highest BCUT2D eigenvalue weighted by Gasteiger charge is 2.38. The van der Waals surface area contributed by atoms with Crippen LogP contribution in [0.5, 0.6) is 0 Å². The van der Waals surface area contributed by atoms with Gasteiger partial charge in [-0.15, -0.1) is 11.3 Å². The Morgan fingerprint density at radius 1 is 1.24 bits per heavy atom. The molecule has 0 bridgehead atoms. The lowest BCUT2D eigenvalue weighted by molar-refractivity contribution is -0.120. The van der Waals surface area contributed by atoms with Gasteiger partial charge in [0.2, 0.25) is 5.91 Å². The van der Waals surface area contributed by atoms with Gasteiger partial charge in [0.05, 0.1) is 14.6 Å². The highest BCUT2D eigenvalue weighted by atomic mass is 35.5. The van der Waals surface area contributed by atoms with Gasteiger partial charge in [0.1, 0.15) is 10.3 Å². The van der Waals surface area contributed by atoms with Gasteiger partial charge < -0.3 is 5.32 Å². The van der Waals surface area contributed by atoms with Gasteiger partial charge in [-0.1, -0.05) is 41.0 Å². The molecule has 1 unspecified atom stereocenters. The zero-order valence-electron chi connectivity index (χ0n) is 15.3. The Hall–Kier alpha value is -1.23. The van der Waals surface area contributed by atoms with E-state index in [0.29, 0.717) is 33.9 Å². The average molecular weight is 490 g/mol. The average Bonchev–Trinajstić information content (AvgIpc) is 3.28. The fourth-order valence-electron chi connectivity index (χ4n) is 3.40. The SMILES string of the molecule is Cc1cc(Cl)cc2sc(NC(=O)C3CCCCN3S(=O)(=O)c3ccc(Cl)s3)nc12. The zero-order chi connectivity index (χ0) is 20.8. The molecule has 1 aliphatic heterocycles. The molecule has 0 aliphatic carbocycles. The Kier molecular flexibility index (Phi) is 5.89. The fraction of sp³-hybridized carbons (Fsp3) is 0.333. The van der Waals surface area contributed by atoms with Gasteiger partial charge in [-0.3, -0.25) is 4.79 Å². The third-order valence-electron chi connectivity index (χ3n) is 4.75. The predicted octanol–water partition coefficient (Wildman–Crippen LogP) is 5.15. The smallest absolute Gasteiger partial charge is 0.253 e. The minimum Gasteiger partial charge on any atom is -0.301 e. The maximum atomic E-state index is 13.1. The number of thiazole rings is 1. The van der Waals surface area contributed by atoms with Crippen molar-refractivity contribution in [3.05, 3.63) is 39.2 Å². The summed E-state index contributed by atoms with van der Waals surface area (Å²) < 4.78 is 28.8. The summed E-state index contributed by atoms with van der Waals surface area (Å²) in [5.74, 6) is -0.376.